The minimum Gasteiger partial charge on any atom is -0.394 e. The van der Waals surface area contributed by atoms with E-state index < -0.39 is 5.60 Å². The van der Waals surface area contributed by atoms with Gasteiger partial charge in [-0.2, -0.15) is 0 Å². The second-order valence-electron chi connectivity index (χ2n) is 5.33. The van der Waals surface area contributed by atoms with Gasteiger partial charge in [0.05, 0.1) is 24.9 Å². The molecule has 1 rings (SSSR count). The molecule has 1 saturated heterocycles. The first-order valence-corrected chi connectivity index (χ1v) is 6.03. The molecule has 1 aliphatic rings. The van der Waals surface area contributed by atoms with Gasteiger partial charge in [0.2, 0.25) is 11.8 Å². The highest BCUT2D eigenvalue weighted by Gasteiger charge is 2.35. The lowest BCUT2D eigenvalue weighted by Crippen LogP contribution is -2.57. The van der Waals surface area contributed by atoms with Crippen LogP contribution in [0, 0.1) is 0 Å². The van der Waals surface area contributed by atoms with E-state index in [0.717, 1.165) is 0 Å². The van der Waals surface area contributed by atoms with Crippen LogP contribution in [-0.2, 0) is 14.3 Å². The lowest BCUT2D eigenvalue weighted by Gasteiger charge is -2.42. The van der Waals surface area contributed by atoms with Gasteiger partial charge in [-0.1, -0.05) is 0 Å². The number of hydrogen-bond donors (Lipinski definition) is 1. The summed E-state index contributed by atoms with van der Waals surface area (Å²) in [7, 11) is 1.59. The zero-order valence-electron chi connectivity index (χ0n) is 11.5. The topological polar surface area (TPSA) is 70.1 Å². The van der Waals surface area contributed by atoms with Crippen LogP contribution in [0.3, 0.4) is 0 Å². The molecule has 0 spiro atoms. The van der Waals surface area contributed by atoms with Gasteiger partial charge < -0.3 is 19.6 Å². The van der Waals surface area contributed by atoms with Crippen molar-refractivity contribution in [3.8, 4) is 0 Å². The van der Waals surface area contributed by atoms with Crippen LogP contribution in [-0.4, -0.2) is 71.7 Å². The van der Waals surface area contributed by atoms with Crippen LogP contribution in [0.15, 0.2) is 0 Å². The number of morpholine rings is 1. The molecule has 0 aliphatic carbocycles. The molecule has 6 heteroatoms. The molecule has 0 bridgehead atoms. The zero-order chi connectivity index (χ0) is 13.9. The van der Waals surface area contributed by atoms with E-state index in [1.54, 1.807) is 11.9 Å². The molecule has 0 aromatic carbocycles. The Balaban J connectivity index is 2.64. The van der Waals surface area contributed by atoms with Crippen LogP contribution in [0.5, 0.6) is 0 Å². The summed E-state index contributed by atoms with van der Waals surface area (Å²) in [5, 5.41) is 9.17. The Hall–Kier alpha value is -1.14. The van der Waals surface area contributed by atoms with E-state index >= 15 is 0 Å². The third-order valence-electron chi connectivity index (χ3n) is 2.95. The highest BCUT2D eigenvalue weighted by atomic mass is 16.5. The monoisotopic (exact) mass is 258 g/mol. The third kappa shape index (κ3) is 3.96. The van der Waals surface area contributed by atoms with Crippen LogP contribution in [0.1, 0.15) is 20.8 Å². The maximum Gasteiger partial charge on any atom is 0.242 e. The Labute approximate surface area is 107 Å². The number of nitrogens with zero attached hydrogens (tertiary/aromatic N) is 2. The molecule has 0 aromatic heterocycles. The Kier molecular flexibility index (Phi) is 4.70. The molecule has 6 nitrogen and oxygen atoms in total. The number of ether oxygens (including phenoxy) is 1. The molecule has 1 atom stereocenters. The maximum absolute atomic E-state index is 12.1. The van der Waals surface area contributed by atoms with Gasteiger partial charge in [0, 0.05) is 27.1 Å². The summed E-state index contributed by atoms with van der Waals surface area (Å²) in [5.74, 6) is -0.267. The summed E-state index contributed by atoms with van der Waals surface area (Å²) in [4.78, 5) is 26.2. The molecule has 1 aliphatic heterocycles. The number of rotatable bonds is 3. The molecule has 2 amide bonds. The van der Waals surface area contributed by atoms with Gasteiger partial charge in [-0.15, -0.1) is 0 Å². The number of aliphatic hydroxyl groups excluding tert-OH is 1. The molecule has 0 aromatic rings. The fraction of sp³-hybridized carbons (Fsp3) is 0.833. The van der Waals surface area contributed by atoms with E-state index in [-0.39, 0.29) is 31.1 Å². The SMILES string of the molecule is CC(=O)N(C)CC(=O)N1CC(CO)OC(C)(C)C1. The maximum atomic E-state index is 12.1. The Morgan fingerprint density at radius 3 is 2.61 bits per heavy atom. The van der Waals surface area contributed by atoms with Gasteiger partial charge >= 0.3 is 0 Å². The van der Waals surface area contributed by atoms with Crippen LogP contribution < -0.4 is 0 Å². The second kappa shape index (κ2) is 5.67. The molecular weight excluding hydrogens is 236 g/mol. The van der Waals surface area contributed by atoms with Crippen molar-refractivity contribution in [3.05, 3.63) is 0 Å². The van der Waals surface area contributed by atoms with Crippen molar-refractivity contribution < 1.29 is 19.4 Å². The van der Waals surface area contributed by atoms with E-state index in [1.165, 1.54) is 11.8 Å². The number of amides is 2. The Bertz CT molecular complexity index is 330. The minimum atomic E-state index is -0.476. The fourth-order valence-electron chi connectivity index (χ4n) is 1.99. The summed E-state index contributed by atoms with van der Waals surface area (Å²) in [6.07, 6.45) is -0.361. The van der Waals surface area contributed by atoms with Gasteiger partial charge in [-0.05, 0) is 13.8 Å². The average Bonchev–Trinajstić information content (AvgIpc) is 2.26. The molecule has 1 unspecified atom stereocenters. The summed E-state index contributed by atoms with van der Waals surface area (Å²) < 4.78 is 5.63. The van der Waals surface area contributed by atoms with Gasteiger partial charge in [0.1, 0.15) is 0 Å². The lowest BCUT2D eigenvalue weighted by atomic mass is 10.1. The van der Waals surface area contributed by atoms with Gasteiger partial charge in [0.25, 0.3) is 0 Å². The molecule has 18 heavy (non-hydrogen) atoms. The second-order valence-corrected chi connectivity index (χ2v) is 5.33. The number of hydrogen-bond acceptors (Lipinski definition) is 4. The predicted octanol–water partition coefficient (Wildman–Crippen LogP) is -0.537. The number of carbonyl (C=O) groups excluding carboxylic acids is 2. The van der Waals surface area contributed by atoms with E-state index in [4.69, 9.17) is 9.84 Å². The molecule has 0 saturated carbocycles. The average molecular weight is 258 g/mol. The van der Waals surface area contributed by atoms with E-state index in [1.807, 2.05) is 13.8 Å². The number of carbonyl (C=O) groups is 2. The molecule has 1 fully saturated rings. The highest BCUT2D eigenvalue weighted by molar-refractivity contribution is 5.83. The molecule has 0 radical (unpaired) electrons. The summed E-state index contributed by atoms with van der Waals surface area (Å²) in [6, 6.07) is 0. The zero-order valence-corrected chi connectivity index (χ0v) is 11.5. The highest BCUT2D eigenvalue weighted by Crippen LogP contribution is 2.20. The Morgan fingerprint density at radius 1 is 1.50 bits per heavy atom. The fourth-order valence-corrected chi connectivity index (χ4v) is 1.99. The van der Waals surface area contributed by atoms with Crippen LogP contribution in [0.2, 0.25) is 0 Å². The minimum absolute atomic E-state index is 0.0591. The first-order chi connectivity index (χ1) is 8.25. The summed E-state index contributed by atoms with van der Waals surface area (Å²) >= 11 is 0. The standard InChI is InChI=1S/C12H22N2O4/c1-9(16)13(4)6-11(17)14-5-10(7-15)18-12(2,3)8-14/h10,15H,5-8H2,1-4H3. The van der Waals surface area contributed by atoms with Crippen LogP contribution >= 0.6 is 0 Å². The van der Waals surface area contributed by atoms with Crippen molar-refractivity contribution in [3.63, 3.8) is 0 Å². The molecule has 1 N–H and O–H groups in total. The van der Waals surface area contributed by atoms with Crippen molar-refractivity contribution in [1.82, 2.24) is 9.80 Å². The summed E-state index contributed by atoms with van der Waals surface area (Å²) in [5.41, 5.74) is -0.476. The molecular formula is C12H22N2O4. The van der Waals surface area contributed by atoms with E-state index in [9.17, 15) is 9.59 Å². The smallest absolute Gasteiger partial charge is 0.242 e. The molecule has 1 heterocycles. The normalized spacial score (nSPS) is 22.7. The van der Waals surface area contributed by atoms with E-state index in [2.05, 4.69) is 0 Å². The van der Waals surface area contributed by atoms with E-state index in [0.29, 0.717) is 13.1 Å². The van der Waals surface area contributed by atoms with Gasteiger partial charge in [-0.25, -0.2) is 0 Å². The number of likely N-dealkylation sites (N-methyl/N-ethyl adjacent to an activating group) is 1. The van der Waals surface area contributed by atoms with Gasteiger partial charge in [0.15, 0.2) is 0 Å². The molecule has 104 valence electrons. The van der Waals surface area contributed by atoms with Crippen molar-refractivity contribution >= 4 is 11.8 Å². The largest absolute Gasteiger partial charge is 0.394 e. The first-order valence-electron chi connectivity index (χ1n) is 6.03. The summed E-state index contributed by atoms with van der Waals surface area (Å²) in [6.45, 7) is 5.96. The van der Waals surface area contributed by atoms with Gasteiger partial charge in [-0.3, -0.25) is 9.59 Å². The van der Waals surface area contributed by atoms with Crippen LogP contribution in [0.25, 0.3) is 0 Å². The lowest BCUT2D eigenvalue weighted by molar-refractivity contribution is -0.168. The van der Waals surface area contributed by atoms with Crippen LogP contribution in [0.4, 0.5) is 0 Å². The Morgan fingerprint density at radius 2 is 2.11 bits per heavy atom. The van der Waals surface area contributed by atoms with Crippen molar-refractivity contribution in [1.29, 1.82) is 0 Å². The number of aliphatic hydroxyl groups is 1. The van der Waals surface area contributed by atoms with Crippen molar-refractivity contribution in [2.45, 2.75) is 32.5 Å². The third-order valence-corrected chi connectivity index (χ3v) is 2.95. The van der Waals surface area contributed by atoms with Crippen molar-refractivity contribution in [2.75, 3.05) is 33.3 Å². The predicted molar refractivity (Wildman–Crippen MR) is 65.9 cm³/mol. The first kappa shape index (κ1) is 14.9. The van der Waals surface area contributed by atoms with Crippen molar-refractivity contribution in [2.24, 2.45) is 0 Å². The quantitative estimate of drug-likeness (QED) is 0.738.